The molecule has 1 rings (SSSR count). The van der Waals surface area contributed by atoms with Crippen molar-refractivity contribution < 1.29 is 4.74 Å². The Hall–Kier alpha value is -0.640. The summed E-state index contributed by atoms with van der Waals surface area (Å²) in [5.74, 6) is 0. The van der Waals surface area contributed by atoms with E-state index >= 15 is 0 Å². The highest BCUT2D eigenvalue weighted by Crippen LogP contribution is 2.11. The molecule has 1 radical (unpaired) electrons. The maximum Gasteiger partial charge on any atom is 0.224 e. The first-order valence-electron chi connectivity index (χ1n) is 3.26. The van der Waals surface area contributed by atoms with Gasteiger partial charge in [-0.25, -0.2) is 0 Å². The molecule has 1 aromatic heterocycles. The minimum absolute atomic E-state index is 0.688. The molecule has 0 aliphatic heterocycles. The average Bonchev–Trinajstić information content (AvgIpc) is 2.41. The van der Waals surface area contributed by atoms with Crippen molar-refractivity contribution in [1.82, 2.24) is 9.59 Å². The molecule has 0 amide bonds. The van der Waals surface area contributed by atoms with Crippen molar-refractivity contribution in [3.8, 4) is 5.06 Å². The first kappa shape index (κ1) is 7.47. The van der Waals surface area contributed by atoms with Crippen molar-refractivity contribution in [2.24, 2.45) is 0 Å². The number of hydrogen-bond acceptors (Lipinski definition) is 4. The van der Waals surface area contributed by atoms with Crippen LogP contribution in [-0.2, 0) is 0 Å². The van der Waals surface area contributed by atoms with Gasteiger partial charge in [0, 0.05) is 11.5 Å². The Labute approximate surface area is 64.2 Å². The van der Waals surface area contributed by atoms with Crippen LogP contribution in [-0.4, -0.2) is 16.2 Å². The van der Waals surface area contributed by atoms with Crippen molar-refractivity contribution in [2.45, 2.75) is 19.8 Å². The van der Waals surface area contributed by atoms with Gasteiger partial charge in [-0.15, -0.1) is 5.10 Å². The lowest BCUT2D eigenvalue weighted by Crippen LogP contribution is -1.93. The number of ether oxygens (including phenoxy) is 1. The van der Waals surface area contributed by atoms with Crippen LogP contribution in [0.15, 0.2) is 0 Å². The maximum absolute atomic E-state index is 5.22. The van der Waals surface area contributed by atoms with E-state index in [1.54, 1.807) is 0 Å². The van der Waals surface area contributed by atoms with Crippen molar-refractivity contribution >= 4 is 11.5 Å². The number of nitrogens with zero attached hydrogens (tertiary/aromatic N) is 2. The molecular formula is C6H9N2OS. The van der Waals surface area contributed by atoms with Crippen LogP contribution in [0.25, 0.3) is 0 Å². The molecule has 0 aliphatic carbocycles. The molecule has 0 spiro atoms. The normalized spacial score (nSPS) is 9.70. The standard InChI is InChI=1S/C6H9N2OS/c1-2-3-4-9-6-5-7-8-10-6/h2-4H2,1H3. The third kappa shape index (κ3) is 2.31. The largest absolute Gasteiger partial charge is 0.481 e. The Bertz CT molecular complexity index is 164. The van der Waals surface area contributed by atoms with Gasteiger partial charge >= 0.3 is 0 Å². The molecule has 0 bridgehead atoms. The molecule has 55 valence electrons. The van der Waals surface area contributed by atoms with Gasteiger partial charge in [0.2, 0.25) is 5.06 Å². The Morgan fingerprint density at radius 2 is 2.60 bits per heavy atom. The van der Waals surface area contributed by atoms with Crippen molar-refractivity contribution in [3.63, 3.8) is 0 Å². The first-order chi connectivity index (χ1) is 4.93. The molecule has 0 fully saturated rings. The van der Waals surface area contributed by atoms with Gasteiger partial charge in [0.05, 0.1) is 6.61 Å². The van der Waals surface area contributed by atoms with Gasteiger partial charge in [-0.2, -0.15) is 0 Å². The van der Waals surface area contributed by atoms with Crippen molar-refractivity contribution in [3.05, 3.63) is 6.20 Å². The van der Waals surface area contributed by atoms with Gasteiger partial charge in [0.25, 0.3) is 0 Å². The highest BCUT2D eigenvalue weighted by Gasteiger charge is 1.94. The molecule has 1 aromatic rings. The van der Waals surface area contributed by atoms with Gasteiger partial charge in [-0.3, -0.25) is 0 Å². The quantitative estimate of drug-likeness (QED) is 0.621. The van der Waals surface area contributed by atoms with Gasteiger partial charge in [0.15, 0.2) is 6.20 Å². The second-order valence-electron chi connectivity index (χ2n) is 1.87. The van der Waals surface area contributed by atoms with Crippen LogP contribution < -0.4 is 4.74 Å². The van der Waals surface area contributed by atoms with E-state index in [2.05, 4.69) is 22.7 Å². The molecule has 0 atom stereocenters. The molecule has 0 saturated carbocycles. The Morgan fingerprint density at radius 3 is 3.20 bits per heavy atom. The maximum atomic E-state index is 5.22. The average molecular weight is 157 g/mol. The summed E-state index contributed by atoms with van der Waals surface area (Å²) < 4.78 is 8.84. The summed E-state index contributed by atoms with van der Waals surface area (Å²) in [6.45, 7) is 2.87. The number of unbranched alkanes of at least 4 members (excludes halogenated alkanes) is 1. The van der Waals surface area contributed by atoms with Crippen LogP contribution in [0.1, 0.15) is 19.8 Å². The van der Waals surface area contributed by atoms with Crippen LogP contribution in [0.3, 0.4) is 0 Å². The molecule has 1 heterocycles. The van der Waals surface area contributed by atoms with E-state index in [1.165, 1.54) is 11.5 Å². The van der Waals surface area contributed by atoms with Gasteiger partial charge in [0.1, 0.15) is 0 Å². The topological polar surface area (TPSA) is 35.0 Å². The summed E-state index contributed by atoms with van der Waals surface area (Å²) in [6, 6.07) is 0. The van der Waals surface area contributed by atoms with Crippen molar-refractivity contribution in [2.75, 3.05) is 6.61 Å². The van der Waals surface area contributed by atoms with E-state index in [1.807, 2.05) is 0 Å². The second-order valence-corrected chi connectivity index (χ2v) is 2.59. The van der Waals surface area contributed by atoms with E-state index in [4.69, 9.17) is 4.74 Å². The number of aromatic nitrogens is 2. The minimum atomic E-state index is 0.688. The number of hydrogen-bond donors (Lipinski definition) is 0. The SMILES string of the molecule is CCCCOc1[c]nns1. The Kier molecular flexibility index (Phi) is 3.15. The molecule has 0 aromatic carbocycles. The lowest BCUT2D eigenvalue weighted by atomic mass is 10.4. The lowest BCUT2D eigenvalue weighted by Gasteiger charge is -1.97. The highest BCUT2D eigenvalue weighted by atomic mass is 32.1. The van der Waals surface area contributed by atoms with E-state index in [0.717, 1.165) is 19.4 Å². The van der Waals surface area contributed by atoms with E-state index in [9.17, 15) is 0 Å². The van der Waals surface area contributed by atoms with Crippen LogP contribution in [0.4, 0.5) is 0 Å². The fourth-order valence-corrected chi connectivity index (χ4v) is 0.880. The van der Waals surface area contributed by atoms with E-state index < -0.39 is 0 Å². The first-order valence-corrected chi connectivity index (χ1v) is 4.03. The fourth-order valence-electron chi connectivity index (χ4n) is 0.507. The molecule has 0 N–H and O–H groups in total. The molecule has 0 aliphatic rings. The molecule has 3 nitrogen and oxygen atoms in total. The monoisotopic (exact) mass is 157 g/mol. The molecule has 0 saturated heterocycles. The van der Waals surface area contributed by atoms with Crippen LogP contribution in [0, 0.1) is 6.20 Å². The van der Waals surface area contributed by atoms with Gasteiger partial charge in [-0.1, -0.05) is 17.8 Å². The predicted octanol–water partition coefficient (Wildman–Crippen LogP) is 1.52. The van der Waals surface area contributed by atoms with Crippen molar-refractivity contribution in [1.29, 1.82) is 0 Å². The highest BCUT2D eigenvalue weighted by molar-refractivity contribution is 7.07. The van der Waals surface area contributed by atoms with Gasteiger partial charge in [-0.05, 0) is 6.42 Å². The third-order valence-electron chi connectivity index (χ3n) is 1.04. The summed E-state index contributed by atoms with van der Waals surface area (Å²) >= 11 is 1.23. The zero-order valence-electron chi connectivity index (χ0n) is 5.83. The molecule has 4 heteroatoms. The smallest absolute Gasteiger partial charge is 0.224 e. The Morgan fingerprint density at radius 1 is 1.70 bits per heavy atom. The number of rotatable bonds is 4. The van der Waals surface area contributed by atoms with Gasteiger partial charge < -0.3 is 4.74 Å². The molecule has 10 heavy (non-hydrogen) atoms. The fraction of sp³-hybridized carbons (Fsp3) is 0.667. The lowest BCUT2D eigenvalue weighted by molar-refractivity contribution is 0.317. The van der Waals surface area contributed by atoms with Crippen LogP contribution >= 0.6 is 11.5 Å². The summed E-state index contributed by atoms with van der Waals surface area (Å²) in [4.78, 5) is 0. The summed E-state index contributed by atoms with van der Waals surface area (Å²) in [7, 11) is 0. The molecule has 0 unspecified atom stereocenters. The zero-order valence-corrected chi connectivity index (χ0v) is 6.65. The van der Waals surface area contributed by atoms with E-state index in [-0.39, 0.29) is 0 Å². The summed E-state index contributed by atoms with van der Waals surface area (Å²) in [5, 5.41) is 4.21. The van der Waals surface area contributed by atoms with Crippen LogP contribution in [0.2, 0.25) is 0 Å². The minimum Gasteiger partial charge on any atom is -0.481 e. The molecular weight excluding hydrogens is 148 g/mol. The second kappa shape index (κ2) is 4.22. The van der Waals surface area contributed by atoms with E-state index in [0.29, 0.717) is 5.06 Å². The van der Waals surface area contributed by atoms with Crippen LogP contribution in [0.5, 0.6) is 5.06 Å². The predicted molar refractivity (Wildman–Crippen MR) is 39.1 cm³/mol. The Balaban J connectivity index is 2.15. The third-order valence-corrected chi connectivity index (χ3v) is 1.58. The summed E-state index contributed by atoms with van der Waals surface area (Å²) in [6.07, 6.45) is 4.85. The summed E-state index contributed by atoms with van der Waals surface area (Å²) in [5.41, 5.74) is 0. The zero-order chi connectivity index (χ0) is 7.23.